The third kappa shape index (κ3) is 5.02. The highest BCUT2D eigenvalue weighted by atomic mass is 16.3. The summed E-state index contributed by atoms with van der Waals surface area (Å²) in [6, 6.07) is 13.4. The van der Waals surface area contributed by atoms with E-state index < -0.39 is 0 Å². The third-order valence-electron chi connectivity index (χ3n) is 6.28. The normalized spacial score (nSPS) is 18.9. The average Bonchev–Trinajstić information content (AvgIpc) is 3.50. The minimum atomic E-state index is -0.101. The number of furan rings is 1. The van der Waals surface area contributed by atoms with Crippen molar-refractivity contribution in [2.45, 2.75) is 31.7 Å². The molecule has 0 unspecified atom stereocenters. The predicted molar refractivity (Wildman–Crippen MR) is 114 cm³/mol. The fourth-order valence-electron chi connectivity index (χ4n) is 4.53. The summed E-state index contributed by atoms with van der Waals surface area (Å²) in [6.45, 7) is 4.02. The van der Waals surface area contributed by atoms with Crippen molar-refractivity contribution in [2.75, 3.05) is 38.0 Å². The van der Waals surface area contributed by atoms with Crippen LogP contribution in [0.2, 0.25) is 0 Å². The minimum Gasteiger partial charge on any atom is -0.463 e. The number of para-hydroxylation sites is 1. The van der Waals surface area contributed by atoms with Crippen LogP contribution >= 0.6 is 0 Å². The first-order chi connectivity index (χ1) is 14.7. The standard InChI is InChI=1S/C23H30N4O3/c28-22(24-17-20(21-9-6-16-30-21)26-12-4-5-13-26)18-10-14-27(15-11-18)23(29)25-19-7-2-1-3-8-19/h1-3,6-9,16,18,20H,4-5,10-15,17H2,(H,24,28)(H,25,29)/p+1/t20-/m1/s1. The number of quaternary nitrogens is 1. The number of hydrogen-bond donors (Lipinski definition) is 3. The molecule has 0 bridgehead atoms. The van der Waals surface area contributed by atoms with Crippen molar-refractivity contribution in [1.29, 1.82) is 0 Å². The molecule has 1 aromatic carbocycles. The molecule has 2 aliphatic heterocycles. The number of rotatable bonds is 6. The van der Waals surface area contributed by atoms with Crippen LogP contribution in [-0.2, 0) is 4.79 Å². The molecule has 7 nitrogen and oxygen atoms in total. The van der Waals surface area contributed by atoms with Gasteiger partial charge in [0, 0.05) is 37.5 Å². The lowest BCUT2D eigenvalue weighted by molar-refractivity contribution is -0.919. The highest BCUT2D eigenvalue weighted by molar-refractivity contribution is 5.89. The molecule has 0 spiro atoms. The molecule has 7 heteroatoms. The first kappa shape index (κ1) is 20.5. The predicted octanol–water partition coefficient (Wildman–Crippen LogP) is 2.06. The molecule has 2 fully saturated rings. The second-order valence-corrected chi connectivity index (χ2v) is 8.24. The lowest BCUT2D eigenvalue weighted by Crippen LogP contribution is -3.11. The zero-order valence-electron chi connectivity index (χ0n) is 17.3. The van der Waals surface area contributed by atoms with E-state index in [4.69, 9.17) is 4.42 Å². The molecule has 1 atom stereocenters. The van der Waals surface area contributed by atoms with Crippen LogP contribution in [0.4, 0.5) is 10.5 Å². The molecule has 30 heavy (non-hydrogen) atoms. The molecule has 160 valence electrons. The summed E-state index contributed by atoms with van der Waals surface area (Å²) in [5, 5.41) is 6.08. The Hall–Kier alpha value is -2.80. The van der Waals surface area contributed by atoms with Gasteiger partial charge in [0.05, 0.1) is 25.9 Å². The first-order valence-electron chi connectivity index (χ1n) is 11.0. The highest BCUT2D eigenvalue weighted by Crippen LogP contribution is 2.19. The van der Waals surface area contributed by atoms with Crippen molar-refractivity contribution in [2.24, 2.45) is 5.92 Å². The summed E-state index contributed by atoms with van der Waals surface area (Å²) in [5.41, 5.74) is 0.788. The number of carbonyl (C=O) groups is 2. The fraction of sp³-hybridized carbons (Fsp3) is 0.478. The van der Waals surface area contributed by atoms with E-state index in [0.29, 0.717) is 32.5 Å². The second-order valence-electron chi connectivity index (χ2n) is 8.24. The number of hydrogen-bond acceptors (Lipinski definition) is 3. The van der Waals surface area contributed by atoms with Gasteiger partial charge in [-0.25, -0.2) is 4.79 Å². The van der Waals surface area contributed by atoms with Gasteiger partial charge in [-0.05, 0) is 37.1 Å². The molecule has 3 amide bonds. The number of nitrogens with zero attached hydrogens (tertiary/aromatic N) is 1. The summed E-state index contributed by atoms with van der Waals surface area (Å²) >= 11 is 0. The molecule has 0 aliphatic carbocycles. The average molecular weight is 412 g/mol. The monoisotopic (exact) mass is 411 g/mol. The van der Waals surface area contributed by atoms with Crippen LogP contribution in [-0.4, -0.2) is 49.6 Å². The summed E-state index contributed by atoms with van der Waals surface area (Å²) < 4.78 is 5.65. The minimum absolute atomic E-state index is 0.0448. The molecule has 3 heterocycles. The number of amides is 3. The first-order valence-corrected chi connectivity index (χ1v) is 11.0. The number of benzene rings is 1. The summed E-state index contributed by atoms with van der Waals surface area (Å²) in [5.74, 6) is 0.990. The largest absolute Gasteiger partial charge is 0.463 e. The Labute approximate surface area is 177 Å². The van der Waals surface area contributed by atoms with Gasteiger partial charge in [0.25, 0.3) is 0 Å². The van der Waals surface area contributed by atoms with Gasteiger partial charge in [-0.2, -0.15) is 0 Å². The van der Waals surface area contributed by atoms with Gasteiger partial charge in [0.2, 0.25) is 5.91 Å². The van der Waals surface area contributed by atoms with Crippen LogP contribution in [0.15, 0.2) is 53.1 Å². The van der Waals surface area contributed by atoms with E-state index in [1.807, 2.05) is 42.5 Å². The zero-order chi connectivity index (χ0) is 20.8. The van der Waals surface area contributed by atoms with Gasteiger partial charge < -0.3 is 24.9 Å². The molecule has 4 rings (SSSR count). The maximum atomic E-state index is 12.8. The van der Waals surface area contributed by atoms with E-state index in [9.17, 15) is 9.59 Å². The van der Waals surface area contributed by atoms with Crippen molar-refractivity contribution < 1.29 is 18.9 Å². The van der Waals surface area contributed by atoms with Crippen LogP contribution in [0.1, 0.15) is 37.5 Å². The molecular formula is C23H31N4O3+. The molecule has 1 aromatic heterocycles. The van der Waals surface area contributed by atoms with E-state index in [1.54, 1.807) is 11.2 Å². The van der Waals surface area contributed by atoms with Gasteiger partial charge in [0.1, 0.15) is 0 Å². The molecule has 0 saturated carbocycles. The van der Waals surface area contributed by atoms with Gasteiger partial charge >= 0.3 is 6.03 Å². The van der Waals surface area contributed by atoms with E-state index in [-0.39, 0.29) is 23.9 Å². The number of urea groups is 1. The number of likely N-dealkylation sites (tertiary alicyclic amines) is 2. The Bertz CT molecular complexity index is 810. The lowest BCUT2D eigenvalue weighted by Gasteiger charge is -2.31. The highest BCUT2D eigenvalue weighted by Gasteiger charge is 2.32. The molecule has 3 N–H and O–H groups in total. The van der Waals surface area contributed by atoms with Crippen LogP contribution in [0, 0.1) is 5.92 Å². The second kappa shape index (κ2) is 9.80. The van der Waals surface area contributed by atoms with E-state index in [2.05, 4.69) is 10.6 Å². The van der Waals surface area contributed by atoms with Crippen LogP contribution in [0.5, 0.6) is 0 Å². The summed E-state index contributed by atoms with van der Waals surface area (Å²) in [6.07, 6.45) is 5.54. The Kier molecular flexibility index (Phi) is 6.69. The number of anilines is 1. The maximum Gasteiger partial charge on any atom is 0.321 e. The van der Waals surface area contributed by atoms with Crippen molar-refractivity contribution >= 4 is 17.6 Å². The maximum absolute atomic E-state index is 12.8. The number of piperidine rings is 1. The molecule has 0 radical (unpaired) electrons. The van der Waals surface area contributed by atoms with E-state index in [1.165, 1.54) is 17.7 Å². The molecule has 2 aliphatic rings. The Balaban J connectivity index is 1.25. The van der Waals surface area contributed by atoms with Crippen molar-refractivity contribution in [3.63, 3.8) is 0 Å². The SMILES string of the molecule is O=C(NC[C@H](c1ccco1)[NH+]1CCCC1)C1CCN(C(=O)Nc2ccccc2)CC1. The van der Waals surface area contributed by atoms with Crippen LogP contribution in [0.25, 0.3) is 0 Å². The smallest absolute Gasteiger partial charge is 0.321 e. The van der Waals surface area contributed by atoms with Crippen molar-refractivity contribution in [3.05, 3.63) is 54.5 Å². The molecule has 2 saturated heterocycles. The number of nitrogens with one attached hydrogen (secondary N) is 3. The van der Waals surface area contributed by atoms with Gasteiger partial charge in [0.15, 0.2) is 11.8 Å². The lowest BCUT2D eigenvalue weighted by atomic mass is 9.96. The quantitative estimate of drug-likeness (QED) is 0.681. The van der Waals surface area contributed by atoms with E-state index in [0.717, 1.165) is 24.5 Å². The Morgan fingerprint density at radius 2 is 1.80 bits per heavy atom. The summed E-state index contributed by atoms with van der Waals surface area (Å²) in [4.78, 5) is 28.5. The van der Waals surface area contributed by atoms with Crippen LogP contribution < -0.4 is 15.5 Å². The van der Waals surface area contributed by atoms with Gasteiger partial charge in [-0.3, -0.25) is 4.79 Å². The molecular weight excluding hydrogens is 380 g/mol. The van der Waals surface area contributed by atoms with Crippen molar-refractivity contribution in [1.82, 2.24) is 10.2 Å². The van der Waals surface area contributed by atoms with Crippen molar-refractivity contribution in [3.8, 4) is 0 Å². The Morgan fingerprint density at radius 3 is 2.47 bits per heavy atom. The third-order valence-corrected chi connectivity index (χ3v) is 6.28. The fourth-order valence-corrected chi connectivity index (χ4v) is 4.53. The van der Waals surface area contributed by atoms with Crippen LogP contribution in [0.3, 0.4) is 0 Å². The summed E-state index contributed by atoms with van der Waals surface area (Å²) in [7, 11) is 0. The van der Waals surface area contributed by atoms with E-state index >= 15 is 0 Å². The molecule has 2 aromatic rings. The van der Waals surface area contributed by atoms with Gasteiger partial charge in [-0.15, -0.1) is 0 Å². The zero-order valence-corrected chi connectivity index (χ0v) is 17.3. The topological polar surface area (TPSA) is 79.0 Å². The number of carbonyl (C=O) groups excluding carboxylic acids is 2. The Morgan fingerprint density at radius 1 is 1.07 bits per heavy atom. The van der Waals surface area contributed by atoms with Gasteiger partial charge in [-0.1, -0.05) is 18.2 Å².